The van der Waals surface area contributed by atoms with Crippen molar-refractivity contribution >= 4 is 17.7 Å². The number of carbonyl (C=O) groups is 1. The number of hydrogen-bond acceptors (Lipinski definition) is 3. The van der Waals surface area contributed by atoms with Gasteiger partial charge in [-0.25, -0.2) is 4.79 Å². The fourth-order valence-electron chi connectivity index (χ4n) is 2.73. The molecule has 0 fully saturated rings. The molecule has 2 rings (SSSR count). The molecule has 1 amide bonds. The number of alkyl carbamates (subject to hydrolysis) is 1. The molecule has 0 saturated carbocycles. The number of amides is 1. The van der Waals surface area contributed by atoms with Crippen LogP contribution in [0.2, 0.25) is 5.02 Å². The van der Waals surface area contributed by atoms with Gasteiger partial charge in [-0.2, -0.15) is 0 Å². The number of benzene rings is 2. The number of aliphatic hydroxyl groups excluding tert-OH is 1. The number of aliphatic hydroxyl groups is 1. The number of nitrogens with one attached hydrogen (secondary N) is 1. The van der Waals surface area contributed by atoms with Crippen molar-refractivity contribution in [2.45, 2.75) is 45.3 Å². The molecule has 2 atom stereocenters. The molecule has 26 heavy (non-hydrogen) atoms. The van der Waals surface area contributed by atoms with Crippen LogP contribution in [0.1, 0.15) is 56.4 Å². The summed E-state index contributed by atoms with van der Waals surface area (Å²) in [5.74, 6) is 0.00699. The summed E-state index contributed by atoms with van der Waals surface area (Å²) in [6.45, 7) is 7.89. The second kappa shape index (κ2) is 8.56. The molecule has 0 aliphatic heterocycles. The fourth-order valence-corrected chi connectivity index (χ4v) is 2.92. The Morgan fingerprint density at radius 3 is 2.42 bits per heavy atom. The standard InChI is InChI=1S/C21H26ClNO3/c1-14(13-23-20(25)26-21(2,3)4)17-10-5-6-11-18(17)19(24)15-8-7-9-16(22)12-15/h5-12,14,19,24H,13H2,1-4H3,(H,23,25). The van der Waals surface area contributed by atoms with Gasteiger partial charge in [0.2, 0.25) is 0 Å². The number of carbonyl (C=O) groups excluding carboxylic acids is 1. The van der Waals surface area contributed by atoms with Gasteiger partial charge in [0.25, 0.3) is 0 Å². The highest BCUT2D eigenvalue weighted by molar-refractivity contribution is 6.30. The normalized spacial score (nSPS) is 13.8. The molecule has 140 valence electrons. The monoisotopic (exact) mass is 375 g/mol. The second-order valence-electron chi connectivity index (χ2n) is 7.37. The minimum Gasteiger partial charge on any atom is -0.444 e. The van der Waals surface area contributed by atoms with E-state index in [1.807, 2.05) is 64.1 Å². The minimum absolute atomic E-state index is 0.00699. The van der Waals surface area contributed by atoms with Gasteiger partial charge in [0.1, 0.15) is 11.7 Å². The van der Waals surface area contributed by atoms with Crippen LogP contribution in [-0.4, -0.2) is 23.3 Å². The van der Waals surface area contributed by atoms with Crippen molar-refractivity contribution in [2.75, 3.05) is 6.54 Å². The molecule has 0 aromatic heterocycles. The van der Waals surface area contributed by atoms with Gasteiger partial charge in [-0.05, 0) is 55.5 Å². The van der Waals surface area contributed by atoms with Crippen molar-refractivity contribution in [2.24, 2.45) is 0 Å². The van der Waals surface area contributed by atoms with Crippen molar-refractivity contribution in [3.63, 3.8) is 0 Å². The summed E-state index contributed by atoms with van der Waals surface area (Å²) in [7, 11) is 0. The van der Waals surface area contributed by atoms with Crippen molar-refractivity contribution in [1.29, 1.82) is 0 Å². The molecule has 2 aromatic rings. The number of ether oxygens (including phenoxy) is 1. The molecule has 4 nitrogen and oxygen atoms in total. The molecule has 2 aromatic carbocycles. The quantitative estimate of drug-likeness (QED) is 0.768. The van der Waals surface area contributed by atoms with Crippen LogP contribution in [0, 0.1) is 0 Å². The highest BCUT2D eigenvalue weighted by Gasteiger charge is 2.20. The van der Waals surface area contributed by atoms with Crippen LogP contribution < -0.4 is 5.32 Å². The van der Waals surface area contributed by atoms with Crippen LogP contribution in [0.4, 0.5) is 4.79 Å². The van der Waals surface area contributed by atoms with E-state index in [4.69, 9.17) is 16.3 Å². The number of rotatable bonds is 5. The Hall–Kier alpha value is -2.04. The smallest absolute Gasteiger partial charge is 0.407 e. The third-order valence-electron chi connectivity index (χ3n) is 3.94. The maximum atomic E-state index is 11.9. The summed E-state index contributed by atoms with van der Waals surface area (Å²) in [5, 5.41) is 14.2. The third kappa shape index (κ3) is 5.75. The highest BCUT2D eigenvalue weighted by Crippen LogP contribution is 2.30. The number of hydrogen-bond donors (Lipinski definition) is 2. The first-order chi connectivity index (χ1) is 12.2. The maximum Gasteiger partial charge on any atom is 0.407 e. The second-order valence-corrected chi connectivity index (χ2v) is 7.81. The van der Waals surface area contributed by atoms with E-state index in [9.17, 15) is 9.90 Å². The van der Waals surface area contributed by atoms with Gasteiger partial charge in [-0.1, -0.05) is 54.9 Å². The van der Waals surface area contributed by atoms with E-state index in [-0.39, 0.29) is 5.92 Å². The summed E-state index contributed by atoms with van der Waals surface area (Å²) < 4.78 is 5.27. The Morgan fingerprint density at radius 2 is 1.81 bits per heavy atom. The predicted molar refractivity (Wildman–Crippen MR) is 105 cm³/mol. The van der Waals surface area contributed by atoms with Crippen molar-refractivity contribution in [3.05, 3.63) is 70.2 Å². The summed E-state index contributed by atoms with van der Waals surface area (Å²) in [4.78, 5) is 11.9. The SMILES string of the molecule is CC(CNC(=O)OC(C)(C)C)c1ccccc1C(O)c1cccc(Cl)c1. The molecule has 0 aliphatic rings. The van der Waals surface area contributed by atoms with E-state index >= 15 is 0 Å². The zero-order chi connectivity index (χ0) is 19.3. The number of halogens is 1. The van der Waals surface area contributed by atoms with E-state index in [1.54, 1.807) is 12.1 Å². The van der Waals surface area contributed by atoms with E-state index in [2.05, 4.69) is 5.32 Å². The van der Waals surface area contributed by atoms with E-state index < -0.39 is 17.8 Å². The molecule has 0 aliphatic carbocycles. The minimum atomic E-state index is -0.783. The predicted octanol–water partition coefficient (Wildman–Crippen LogP) is 5.05. The maximum absolute atomic E-state index is 11.9. The largest absolute Gasteiger partial charge is 0.444 e. The molecule has 2 unspecified atom stereocenters. The Kier molecular flexibility index (Phi) is 6.68. The molecular weight excluding hydrogens is 350 g/mol. The zero-order valence-corrected chi connectivity index (χ0v) is 16.4. The van der Waals surface area contributed by atoms with Gasteiger partial charge in [0.05, 0.1) is 0 Å². The summed E-state index contributed by atoms with van der Waals surface area (Å²) in [6.07, 6.45) is -1.23. The summed E-state index contributed by atoms with van der Waals surface area (Å²) in [6, 6.07) is 14.9. The van der Waals surface area contributed by atoms with Gasteiger partial charge < -0.3 is 15.2 Å². The van der Waals surface area contributed by atoms with Crippen molar-refractivity contribution < 1.29 is 14.6 Å². The lowest BCUT2D eigenvalue weighted by molar-refractivity contribution is 0.0525. The van der Waals surface area contributed by atoms with Crippen molar-refractivity contribution in [1.82, 2.24) is 5.32 Å². The van der Waals surface area contributed by atoms with Crippen LogP contribution in [-0.2, 0) is 4.74 Å². The summed E-state index contributed by atoms with van der Waals surface area (Å²) in [5.41, 5.74) is 1.97. The Bertz CT molecular complexity index is 755. The molecule has 0 spiro atoms. The molecule has 0 saturated heterocycles. The Morgan fingerprint density at radius 1 is 1.15 bits per heavy atom. The van der Waals surface area contributed by atoms with E-state index in [1.165, 1.54) is 0 Å². The lowest BCUT2D eigenvalue weighted by Gasteiger charge is -2.23. The third-order valence-corrected chi connectivity index (χ3v) is 4.17. The average molecular weight is 376 g/mol. The zero-order valence-electron chi connectivity index (χ0n) is 15.6. The molecule has 0 heterocycles. The van der Waals surface area contributed by atoms with Crippen LogP contribution in [0.3, 0.4) is 0 Å². The van der Waals surface area contributed by atoms with Crippen LogP contribution in [0.15, 0.2) is 48.5 Å². The van der Waals surface area contributed by atoms with Crippen LogP contribution in [0.25, 0.3) is 0 Å². The van der Waals surface area contributed by atoms with Crippen molar-refractivity contribution in [3.8, 4) is 0 Å². The lowest BCUT2D eigenvalue weighted by Crippen LogP contribution is -2.34. The first kappa shape index (κ1) is 20.3. The summed E-state index contributed by atoms with van der Waals surface area (Å²) >= 11 is 6.04. The average Bonchev–Trinajstić information content (AvgIpc) is 2.57. The Balaban J connectivity index is 2.14. The molecule has 0 radical (unpaired) electrons. The molecular formula is C21H26ClNO3. The molecule has 2 N–H and O–H groups in total. The lowest BCUT2D eigenvalue weighted by atomic mass is 9.90. The van der Waals surface area contributed by atoms with E-state index in [0.29, 0.717) is 11.6 Å². The first-order valence-corrected chi connectivity index (χ1v) is 9.04. The van der Waals surface area contributed by atoms with Gasteiger partial charge in [-0.15, -0.1) is 0 Å². The highest BCUT2D eigenvalue weighted by atomic mass is 35.5. The molecule has 0 bridgehead atoms. The van der Waals surface area contributed by atoms with Gasteiger partial charge >= 0.3 is 6.09 Å². The molecule has 5 heteroatoms. The van der Waals surface area contributed by atoms with Gasteiger partial charge in [0, 0.05) is 11.6 Å². The first-order valence-electron chi connectivity index (χ1n) is 8.66. The van der Waals surface area contributed by atoms with Crippen LogP contribution >= 0.6 is 11.6 Å². The topological polar surface area (TPSA) is 58.6 Å². The van der Waals surface area contributed by atoms with Gasteiger partial charge in [-0.3, -0.25) is 0 Å². The van der Waals surface area contributed by atoms with E-state index in [0.717, 1.165) is 16.7 Å². The van der Waals surface area contributed by atoms with Gasteiger partial charge in [0.15, 0.2) is 0 Å². The Labute approximate surface area is 160 Å². The van der Waals surface area contributed by atoms with Crippen LogP contribution in [0.5, 0.6) is 0 Å². The fraction of sp³-hybridized carbons (Fsp3) is 0.381.